The highest BCUT2D eigenvalue weighted by Gasteiger charge is 2.16. The highest BCUT2D eigenvalue weighted by atomic mass is 15.4. The summed E-state index contributed by atoms with van der Waals surface area (Å²) >= 11 is 0. The van der Waals surface area contributed by atoms with Crippen LogP contribution in [0.25, 0.3) is 16.9 Å². The third-order valence-electron chi connectivity index (χ3n) is 5.69. The second-order valence-corrected chi connectivity index (χ2v) is 8.03. The summed E-state index contributed by atoms with van der Waals surface area (Å²) in [6.07, 6.45) is 12.4. The van der Waals surface area contributed by atoms with Crippen LogP contribution in [0.4, 0.5) is 5.69 Å². The monoisotopic (exact) mass is 422 g/mol. The molecule has 1 fully saturated rings. The summed E-state index contributed by atoms with van der Waals surface area (Å²) in [6, 6.07) is 5.51. The Kier molecular flexibility index (Phi) is 3.80. The molecule has 160 valence electrons. The number of fused-ring (bicyclic) bond motifs is 1. The molecule has 1 saturated carbocycles. The van der Waals surface area contributed by atoms with Crippen molar-refractivity contribution in [1.29, 1.82) is 0 Å². The molecule has 4 aromatic heterocycles. The summed E-state index contributed by atoms with van der Waals surface area (Å²) in [6.45, 7) is -3.46. The van der Waals surface area contributed by atoms with Crippen molar-refractivity contribution in [2.45, 2.75) is 32.4 Å². The Hall–Kier alpha value is -3.26. The number of imidazole rings is 1. The van der Waals surface area contributed by atoms with Gasteiger partial charge in [-0.2, -0.15) is 0 Å². The maximum absolute atomic E-state index is 7.63. The van der Waals surface area contributed by atoms with Gasteiger partial charge < -0.3 is 14.6 Å². The molecule has 4 heterocycles. The Morgan fingerprint density at radius 3 is 2.97 bits per heavy atom. The molecule has 4 aromatic rings. The van der Waals surface area contributed by atoms with Gasteiger partial charge in [0.1, 0.15) is 11.3 Å². The van der Waals surface area contributed by atoms with Gasteiger partial charge in [0.25, 0.3) is 0 Å². The molecule has 0 amide bonds. The Balaban J connectivity index is 1.29. The van der Waals surface area contributed by atoms with Crippen LogP contribution in [0, 0.1) is 5.92 Å². The molecule has 0 spiro atoms. The highest BCUT2D eigenvalue weighted by molar-refractivity contribution is 5.62. The van der Waals surface area contributed by atoms with Gasteiger partial charge in [0, 0.05) is 52.9 Å². The van der Waals surface area contributed by atoms with E-state index in [1.807, 2.05) is 16.7 Å². The molecule has 0 aliphatic heterocycles. The van der Waals surface area contributed by atoms with Crippen LogP contribution in [0.3, 0.4) is 0 Å². The fraction of sp³-hybridized carbons (Fsp3) is 0.391. The van der Waals surface area contributed by atoms with E-state index in [9.17, 15) is 0 Å². The van der Waals surface area contributed by atoms with Crippen LogP contribution in [0.2, 0.25) is 0 Å². The molecule has 0 aromatic carbocycles. The van der Waals surface area contributed by atoms with Crippen molar-refractivity contribution in [2.24, 2.45) is 5.92 Å². The minimum Gasteiger partial charge on any atom is -0.376 e. The molecule has 0 bridgehead atoms. The summed E-state index contributed by atoms with van der Waals surface area (Å²) in [5.74, 6) is 0.816. The van der Waals surface area contributed by atoms with E-state index < -0.39 is 14.0 Å². The average molecular weight is 423 g/mol. The number of pyridine rings is 2. The molecular formula is C23H28N8. The zero-order chi connectivity index (χ0) is 26.2. The molecule has 8 nitrogen and oxygen atoms in total. The molecular weight excluding hydrogens is 388 g/mol. The fourth-order valence-corrected chi connectivity index (χ4v) is 3.75. The van der Waals surface area contributed by atoms with E-state index in [4.69, 9.17) is 8.22 Å². The number of rotatable bonds is 8. The van der Waals surface area contributed by atoms with Crippen LogP contribution in [-0.2, 0) is 13.1 Å². The van der Waals surface area contributed by atoms with Crippen molar-refractivity contribution in [3.63, 3.8) is 0 Å². The molecule has 0 unspecified atom stereocenters. The molecule has 1 aliphatic carbocycles. The molecule has 0 atom stereocenters. The third-order valence-corrected chi connectivity index (χ3v) is 5.69. The quantitative estimate of drug-likeness (QED) is 0.470. The van der Waals surface area contributed by atoms with Crippen molar-refractivity contribution in [3.05, 3.63) is 60.4 Å². The Labute approximate surface area is 190 Å². The minimum absolute atomic E-state index is 0.0506. The first-order chi connectivity index (χ1) is 17.6. The van der Waals surface area contributed by atoms with Gasteiger partial charge in [-0.1, -0.05) is 17.7 Å². The first-order valence-electron chi connectivity index (χ1n) is 13.4. The first kappa shape index (κ1) is 13.9. The Morgan fingerprint density at radius 2 is 2.13 bits per heavy atom. The lowest BCUT2D eigenvalue weighted by atomic mass is 9.85. The predicted octanol–water partition coefficient (Wildman–Crippen LogP) is 2.99. The van der Waals surface area contributed by atoms with Crippen LogP contribution < -0.4 is 10.2 Å². The molecule has 5 rings (SSSR count). The van der Waals surface area contributed by atoms with Crippen LogP contribution in [0.1, 0.15) is 38.7 Å². The van der Waals surface area contributed by atoms with E-state index in [0.29, 0.717) is 22.7 Å². The summed E-state index contributed by atoms with van der Waals surface area (Å²) in [5, 5.41) is 11.9. The van der Waals surface area contributed by atoms with Crippen LogP contribution >= 0.6 is 0 Å². The van der Waals surface area contributed by atoms with Crippen molar-refractivity contribution in [1.82, 2.24) is 34.7 Å². The van der Waals surface area contributed by atoms with Crippen molar-refractivity contribution in [3.8, 4) is 11.3 Å². The topological polar surface area (TPSA) is 76.2 Å². The van der Waals surface area contributed by atoms with Crippen LogP contribution in [-0.4, -0.2) is 49.9 Å². The van der Waals surface area contributed by atoms with Crippen molar-refractivity contribution in [2.75, 3.05) is 25.4 Å². The molecule has 1 N–H and O–H groups in total. The Bertz CT molecular complexity index is 1360. The number of nitrogens with zero attached hydrogens (tertiary/aromatic N) is 7. The maximum atomic E-state index is 7.63. The van der Waals surface area contributed by atoms with Crippen molar-refractivity contribution >= 4 is 11.3 Å². The predicted molar refractivity (Wildman–Crippen MR) is 121 cm³/mol. The van der Waals surface area contributed by atoms with Crippen LogP contribution in [0.5, 0.6) is 0 Å². The van der Waals surface area contributed by atoms with Crippen LogP contribution in [0.15, 0.2) is 49.2 Å². The van der Waals surface area contributed by atoms with E-state index in [1.54, 1.807) is 10.9 Å². The number of hydrogen-bond acceptors (Lipinski definition) is 6. The first-order valence-corrected chi connectivity index (χ1v) is 10.4. The summed E-state index contributed by atoms with van der Waals surface area (Å²) in [7, 11) is 0. The smallest absolute Gasteiger partial charge is 0.137 e. The van der Waals surface area contributed by atoms with E-state index in [0.717, 1.165) is 30.3 Å². The zero-order valence-corrected chi connectivity index (χ0v) is 17.1. The summed E-state index contributed by atoms with van der Waals surface area (Å²) in [4.78, 5) is 9.10. The van der Waals surface area contributed by atoms with Gasteiger partial charge in [-0.25, -0.2) is 9.67 Å². The van der Waals surface area contributed by atoms with Gasteiger partial charge in [-0.3, -0.25) is 4.98 Å². The van der Waals surface area contributed by atoms with Gasteiger partial charge in [-0.05, 0) is 43.0 Å². The van der Waals surface area contributed by atoms with Gasteiger partial charge in [0.2, 0.25) is 0 Å². The largest absolute Gasteiger partial charge is 0.376 e. The summed E-state index contributed by atoms with van der Waals surface area (Å²) < 4.78 is 49.4. The second-order valence-electron chi connectivity index (χ2n) is 8.03. The standard InChI is InChI=1S/C23H28N8/c1-29(2)21-8-19(11-25-12-21)22-16-31(28-27-22)15-20-14-30-13-18(6-7-23(30)26-20)10-24-9-17-4-3-5-17/h6-8,11-14,16-17,24H,3-5,9-10,15H2,1-2H3/i1D3,2D3. The number of hydrogen-bond donors (Lipinski definition) is 1. The molecule has 8 heteroatoms. The third kappa shape index (κ3) is 4.44. The van der Waals surface area contributed by atoms with Gasteiger partial charge in [0.15, 0.2) is 0 Å². The van der Waals surface area contributed by atoms with Gasteiger partial charge in [0.05, 0.1) is 30.3 Å². The molecule has 0 radical (unpaired) electrons. The average Bonchev–Trinajstić information content (AvgIpc) is 3.40. The molecule has 1 aliphatic rings. The van der Waals surface area contributed by atoms with Crippen molar-refractivity contribution < 1.29 is 8.22 Å². The second kappa shape index (κ2) is 8.47. The highest BCUT2D eigenvalue weighted by Crippen LogP contribution is 2.25. The normalized spacial score (nSPS) is 17.8. The minimum atomic E-state index is -2.86. The number of anilines is 1. The number of nitrogens with one attached hydrogen (secondary N) is 1. The molecule has 0 saturated heterocycles. The lowest BCUT2D eigenvalue weighted by Crippen LogP contribution is -2.26. The summed E-state index contributed by atoms with van der Waals surface area (Å²) in [5.41, 5.74) is 3.67. The SMILES string of the molecule is [2H]C([2H])([2H])N(c1cncc(-c2cn(Cc3cn4cc(CNCC5CCC5)ccc4n3)nn2)c1)C([2H])([2H])[2H]. The van der Waals surface area contributed by atoms with E-state index in [1.165, 1.54) is 43.3 Å². The van der Waals surface area contributed by atoms with E-state index in [2.05, 4.69) is 37.9 Å². The van der Waals surface area contributed by atoms with E-state index in [-0.39, 0.29) is 5.69 Å². The van der Waals surface area contributed by atoms with Gasteiger partial charge >= 0.3 is 0 Å². The van der Waals surface area contributed by atoms with Gasteiger partial charge in [-0.15, -0.1) is 5.10 Å². The Morgan fingerprint density at radius 1 is 1.19 bits per heavy atom. The number of aromatic nitrogens is 6. The van der Waals surface area contributed by atoms with E-state index >= 15 is 0 Å². The zero-order valence-electron chi connectivity index (χ0n) is 23.1. The lowest BCUT2D eigenvalue weighted by Gasteiger charge is -2.25. The molecule has 31 heavy (non-hydrogen) atoms. The maximum Gasteiger partial charge on any atom is 0.137 e. The lowest BCUT2D eigenvalue weighted by molar-refractivity contribution is 0.301. The fourth-order valence-electron chi connectivity index (χ4n) is 3.75.